The van der Waals surface area contributed by atoms with Crippen LogP contribution < -0.4 is 5.32 Å². The van der Waals surface area contributed by atoms with Crippen LogP contribution >= 0.6 is 0 Å². The van der Waals surface area contributed by atoms with E-state index in [1.165, 1.54) is 18.2 Å². The Morgan fingerprint density at radius 3 is 2.50 bits per heavy atom. The summed E-state index contributed by atoms with van der Waals surface area (Å²) in [7, 11) is 0. The molecule has 132 valence electrons. The summed E-state index contributed by atoms with van der Waals surface area (Å²) in [5.41, 5.74) is 4.29. The van der Waals surface area contributed by atoms with E-state index < -0.39 is 0 Å². The summed E-state index contributed by atoms with van der Waals surface area (Å²) in [6, 6.07) is 9.75. The number of anilines is 1. The molecule has 0 spiro atoms. The van der Waals surface area contributed by atoms with Crippen molar-refractivity contribution >= 4 is 17.8 Å². The highest BCUT2D eigenvalue weighted by atomic mass is 19.1. The summed E-state index contributed by atoms with van der Waals surface area (Å²) in [4.78, 5) is 16.2. The molecule has 26 heavy (non-hydrogen) atoms. The minimum atomic E-state index is -0.295. The fraction of sp³-hybridized carbons (Fsp3) is 0.150. The monoisotopic (exact) mass is 350 g/mol. The number of aryl methyl sites for hydroxylation is 2. The SMILES string of the molecule is Cc1ccc(NC(=O)/C=C/c2c(C)nn(-c3ccc(F)cc3)c2C)nc1. The van der Waals surface area contributed by atoms with Gasteiger partial charge < -0.3 is 5.32 Å². The topological polar surface area (TPSA) is 59.8 Å². The zero-order chi connectivity index (χ0) is 18.7. The standard InChI is InChI=1S/C20H19FN4O/c1-13-4-10-19(22-12-13)23-20(26)11-9-18-14(2)24-25(15(18)3)17-7-5-16(21)6-8-17/h4-12H,1-3H3,(H,22,23,26)/b11-9+. The molecule has 0 radical (unpaired) electrons. The van der Waals surface area contributed by atoms with Crippen LogP contribution in [0.2, 0.25) is 0 Å². The van der Waals surface area contributed by atoms with E-state index in [1.54, 1.807) is 35.2 Å². The van der Waals surface area contributed by atoms with E-state index >= 15 is 0 Å². The molecule has 1 N–H and O–H groups in total. The molecule has 1 amide bonds. The number of rotatable bonds is 4. The number of benzene rings is 1. The van der Waals surface area contributed by atoms with Crippen molar-refractivity contribution < 1.29 is 9.18 Å². The second-order valence-corrected chi connectivity index (χ2v) is 6.02. The Morgan fingerprint density at radius 2 is 1.85 bits per heavy atom. The van der Waals surface area contributed by atoms with Crippen molar-refractivity contribution in [2.24, 2.45) is 0 Å². The molecule has 0 saturated carbocycles. The Balaban J connectivity index is 1.79. The smallest absolute Gasteiger partial charge is 0.249 e. The molecule has 0 atom stereocenters. The highest BCUT2D eigenvalue weighted by Crippen LogP contribution is 2.19. The maximum atomic E-state index is 13.1. The van der Waals surface area contributed by atoms with Gasteiger partial charge in [-0.2, -0.15) is 5.10 Å². The molecule has 0 aliphatic carbocycles. The Bertz CT molecular complexity index is 957. The van der Waals surface area contributed by atoms with Crippen LogP contribution in [-0.2, 0) is 4.79 Å². The number of pyridine rings is 1. The first-order valence-corrected chi connectivity index (χ1v) is 8.18. The molecular weight excluding hydrogens is 331 g/mol. The first-order chi connectivity index (χ1) is 12.4. The number of hydrogen-bond acceptors (Lipinski definition) is 3. The van der Waals surface area contributed by atoms with Crippen molar-refractivity contribution in [2.45, 2.75) is 20.8 Å². The molecule has 1 aromatic carbocycles. The summed E-state index contributed by atoms with van der Waals surface area (Å²) in [5, 5.41) is 7.20. The predicted molar refractivity (Wildman–Crippen MR) is 99.6 cm³/mol. The Morgan fingerprint density at radius 1 is 1.12 bits per heavy atom. The summed E-state index contributed by atoms with van der Waals surface area (Å²) in [6.07, 6.45) is 4.87. The molecule has 0 unspecified atom stereocenters. The highest BCUT2D eigenvalue weighted by Gasteiger charge is 2.11. The minimum Gasteiger partial charge on any atom is -0.307 e. The fourth-order valence-electron chi connectivity index (χ4n) is 2.60. The number of nitrogens with one attached hydrogen (secondary N) is 1. The van der Waals surface area contributed by atoms with Gasteiger partial charge in [0, 0.05) is 23.5 Å². The summed E-state index contributed by atoms with van der Waals surface area (Å²) >= 11 is 0. The fourth-order valence-corrected chi connectivity index (χ4v) is 2.60. The molecule has 0 fully saturated rings. The minimum absolute atomic E-state index is 0.269. The lowest BCUT2D eigenvalue weighted by molar-refractivity contribution is -0.111. The number of nitrogens with zero attached hydrogens (tertiary/aromatic N) is 3. The zero-order valence-corrected chi connectivity index (χ0v) is 14.8. The van der Waals surface area contributed by atoms with Crippen molar-refractivity contribution in [3.63, 3.8) is 0 Å². The Kier molecular flexibility index (Phi) is 4.93. The molecule has 3 rings (SSSR count). The van der Waals surface area contributed by atoms with E-state index in [0.29, 0.717) is 5.82 Å². The second-order valence-electron chi connectivity index (χ2n) is 6.02. The third kappa shape index (κ3) is 3.85. The summed E-state index contributed by atoms with van der Waals surface area (Å²) < 4.78 is 14.8. The first kappa shape index (κ1) is 17.5. The van der Waals surface area contributed by atoms with Crippen LogP contribution in [0, 0.1) is 26.6 Å². The summed E-state index contributed by atoms with van der Waals surface area (Å²) in [6.45, 7) is 5.71. The number of hydrogen-bond donors (Lipinski definition) is 1. The van der Waals surface area contributed by atoms with Crippen LogP contribution in [0.25, 0.3) is 11.8 Å². The number of halogens is 1. The van der Waals surface area contributed by atoms with Gasteiger partial charge >= 0.3 is 0 Å². The molecule has 2 aromatic heterocycles. The van der Waals surface area contributed by atoms with E-state index in [0.717, 1.165) is 28.2 Å². The zero-order valence-electron chi connectivity index (χ0n) is 14.8. The van der Waals surface area contributed by atoms with Crippen molar-refractivity contribution in [3.8, 4) is 5.69 Å². The third-order valence-electron chi connectivity index (χ3n) is 3.98. The average molecular weight is 350 g/mol. The van der Waals surface area contributed by atoms with Crippen LogP contribution in [-0.4, -0.2) is 20.7 Å². The van der Waals surface area contributed by atoms with Crippen LogP contribution in [0.4, 0.5) is 10.2 Å². The lowest BCUT2D eigenvalue weighted by Crippen LogP contribution is -2.09. The first-order valence-electron chi connectivity index (χ1n) is 8.18. The van der Waals surface area contributed by atoms with Gasteiger partial charge in [0.15, 0.2) is 0 Å². The molecular formula is C20H19FN4O. The molecule has 0 aliphatic rings. The highest BCUT2D eigenvalue weighted by molar-refractivity contribution is 6.01. The van der Waals surface area contributed by atoms with Gasteiger partial charge in [0.2, 0.25) is 5.91 Å². The van der Waals surface area contributed by atoms with E-state index in [9.17, 15) is 9.18 Å². The number of aromatic nitrogens is 3. The van der Waals surface area contributed by atoms with E-state index in [1.807, 2.05) is 26.8 Å². The molecule has 0 saturated heterocycles. The van der Waals surface area contributed by atoms with Crippen LogP contribution in [0.1, 0.15) is 22.5 Å². The number of carbonyl (C=O) groups excluding carboxylic acids is 1. The lowest BCUT2D eigenvalue weighted by atomic mass is 10.2. The number of carbonyl (C=O) groups is 1. The van der Waals surface area contributed by atoms with Gasteiger partial charge in [-0.25, -0.2) is 14.1 Å². The number of amides is 1. The second kappa shape index (κ2) is 7.31. The van der Waals surface area contributed by atoms with Gasteiger partial charge in [-0.05, 0) is 62.7 Å². The molecule has 3 aromatic rings. The van der Waals surface area contributed by atoms with Crippen molar-refractivity contribution in [3.05, 3.63) is 77.0 Å². The van der Waals surface area contributed by atoms with Crippen molar-refractivity contribution in [1.29, 1.82) is 0 Å². The quantitative estimate of drug-likeness (QED) is 0.724. The van der Waals surface area contributed by atoms with Gasteiger partial charge in [-0.15, -0.1) is 0 Å². The van der Waals surface area contributed by atoms with Crippen LogP contribution in [0.5, 0.6) is 0 Å². The molecule has 0 aliphatic heterocycles. The molecule has 0 bridgehead atoms. The maximum absolute atomic E-state index is 13.1. The normalized spacial score (nSPS) is 11.1. The van der Waals surface area contributed by atoms with Gasteiger partial charge in [-0.1, -0.05) is 6.07 Å². The van der Waals surface area contributed by atoms with Crippen LogP contribution in [0.15, 0.2) is 48.7 Å². The lowest BCUT2D eigenvalue weighted by Gasteiger charge is -2.04. The molecule has 2 heterocycles. The molecule has 6 heteroatoms. The maximum Gasteiger partial charge on any atom is 0.249 e. The van der Waals surface area contributed by atoms with E-state index in [2.05, 4.69) is 15.4 Å². The Labute approximate surface area is 151 Å². The molecule has 5 nitrogen and oxygen atoms in total. The van der Waals surface area contributed by atoms with Crippen molar-refractivity contribution in [2.75, 3.05) is 5.32 Å². The van der Waals surface area contributed by atoms with E-state index in [-0.39, 0.29) is 11.7 Å². The Hall–Kier alpha value is -3.28. The predicted octanol–water partition coefficient (Wildman–Crippen LogP) is 3.98. The van der Waals surface area contributed by atoms with Crippen molar-refractivity contribution in [1.82, 2.24) is 14.8 Å². The van der Waals surface area contributed by atoms with Gasteiger partial charge in [0.25, 0.3) is 0 Å². The summed E-state index contributed by atoms with van der Waals surface area (Å²) in [5.74, 6) is -0.0628. The average Bonchev–Trinajstić information content (AvgIpc) is 2.90. The van der Waals surface area contributed by atoms with Crippen LogP contribution in [0.3, 0.4) is 0 Å². The van der Waals surface area contributed by atoms with Gasteiger partial charge in [-0.3, -0.25) is 4.79 Å². The van der Waals surface area contributed by atoms with E-state index in [4.69, 9.17) is 0 Å². The third-order valence-corrected chi connectivity index (χ3v) is 3.98. The largest absolute Gasteiger partial charge is 0.307 e. The van der Waals surface area contributed by atoms with Gasteiger partial charge in [0.1, 0.15) is 11.6 Å². The van der Waals surface area contributed by atoms with Gasteiger partial charge in [0.05, 0.1) is 11.4 Å².